The highest BCUT2D eigenvalue weighted by molar-refractivity contribution is 7.25. The number of nitrogens with zero attached hydrogens (tertiary/aromatic N) is 3. The van der Waals surface area contributed by atoms with E-state index in [1.165, 1.54) is 20.2 Å². The zero-order valence-corrected chi connectivity index (χ0v) is 19.9. The molecule has 0 aliphatic rings. The van der Waals surface area contributed by atoms with Gasteiger partial charge in [-0.15, -0.1) is 11.3 Å². The van der Waals surface area contributed by atoms with Gasteiger partial charge >= 0.3 is 0 Å². The van der Waals surface area contributed by atoms with Crippen LogP contribution < -0.4 is 0 Å². The maximum atomic E-state index is 9.87. The molecule has 0 unspecified atom stereocenters. The summed E-state index contributed by atoms with van der Waals surface area (Å²) < 4.78 is 4.83. The van der Waals surface area contributed by atoms with Crippen LogP contribution in [0.15, 0.2) is 103 Å². The second kappa shape index (κ2) is 7.82. The van der Waals surface area contributed by atoms with E-state index in [1.807, 2.05) is 29.5 Å². The molecule has 0 saturated carbocycles. The Bertz CT molecular complexity index is 2050. The minimum atomic E-state index is 0.491. The number of thiophene rings is 1. The first-order chi connectivity index (χ1) is 17.8. The van der Waals surface area contributed by atoms with Crippen molar-refractivity contribution in [3.8, 4) is 22.9 Å². The number of hydrogen-bond donors (Lipinski definition) is 0. The lowest BCUT2D eigenvalue weighted by atomic mass is 9.94. The summed E-state index contributed by atoms with van der Waals surface area (Å²) in [7, 11) is 0. The fourth-order valence-corrected chi connectivity index (χ4v) is 6.51. The van der Waals surface area contributed by atoms with Crippen LogP contribution in [-0.2, 0) is 0 Å². The number of aromatic nitrogens is 1. The maximum Gasteiger partial charge on any atom is 0.196 e. The van der Waals surface area contributed by atoms with Gasteiger partial charge in [0.1, 0.15) is 0 Å². The van der Waals surface area contributed by atoms with Crippen LogP contribution in [0.1, 0.15) is 5.56 Å². The quantitative estimate of drug-likeness (QED) is 0.229. The number of fused-ring (bicyclic) bond motifs is 6. The summed E-state index contributed by atoms with van der Waals surface area (Å²) in [5, 5.41) is 14.6. The van der Waals surface area contributed by atoms with Crippen molar-refractivity contribution >= 4 is 59.0 Å². The van der Waals surface area contributed by atoms with Crippen LogP contribution in [0.2, 0.25) is 0 Å². The van der Waals surface area contributed by atoms with Crippen molar-refractivity contribution in [3.63, 3.8) is 0 Å². The van der Waals surface area contributed by atoms with Crippen LogP contribution in [0.4, 0.5) is 5.69 Å². The molecule has 7 rings (SSSR count). The van der Waals surface area contributed by atoms with E-state index in [4.69, 9.17) is 6.57 Å². The molecule has 0 saturated heterocycles. The lowest BCUT2D eigenvalue weighted by Gasteiger charge is -2.11. The van der Waals surface area contributed by atoms with Gasteiger partial charge < -0.3 is 4.57 Å². The molecule has 0 bridgehead atoms. The fraction of sp³-hybridized carbons (Fsp3) is 0. The Morgan fingerprint density at radius 2 is 1.47 bits per heavy atom. The molecular weight excluding hydrogens is 458 g/mol. The Kier molecular flexibility index (Phi) is 4.45. The van der Waals surface area contributed by atoms with E-state index in [0.29, 0.717) is 16.8 Å². The molecule has 0 N–H and O–H groups in total. The van der Waals surface area contributed by atoms with Crippen molar-refractivity contribution in [2.45, 2.75) is 0 Å². The molecule has 2 heterocycles. The minimum Gasteiger partial charge on any atom is -0.309 e. The summed E-state index contributed by atoms with van der Waals surface area (Å²) in [6.07, 6.45) is 0. The number of hydrogen-bond acceptors (Lipinski definition) is 2. The van der Waals surface area contributed by atoms with Crippen molar-refractivity contribution in [1.82, 2.24) is 4.57 Å². The Labute approximate surface area is 211 Å². The first-order valence-electron chi connectivity index (χ1n) is 11.6. The maximum absolute atomic E-state index is 9.87. The monoisotopic (exact) mass is 475 g/mol. The first kappa shape index (κ1) is 20.5. The van der Waals surface area contributed by atoms with Crippen molar-refractivity contribution in [2.75, 3.05) is 0 Å². The standard InChI is InChI=1S/C32H17N3S/c1-34-26-12-6-8-20(19-33)31(26)25-11-7-14-28-32(25)24-10-2-4-13-27(24)35(28)21-16-17-23-22-9-3-5-15-29(22)36-30(23)18-21/h2-18H. The number of benzene rings is 5. The second-order valence-electron chi connectivity index (χ2n) is 8.75. The summed E-state index contributed by atoms with van der Waals surface area (Å²) in [6, 6.07) is 37.4. The molecule has 3 nitrogen and oxygen atoms in total. The Morgan fingerprint density at radius 1 is 0.722 bits per heavy atom. The normalized spacial score (nSPS) is 11.3. The molecule has 166 valence electrons. The number of para-hydroxylation sites is 1. The molecule has 2 aromatic heterocycles. The van der Waals surface area contributed by atoms with Gasteiger partial charge in [0.25, 0.3) is 0 Å². The predicted molar refractivity (Wildman–Crippen MR) is 150 cm³/mol. The average molecular weight is 476 g/mol. The molecule has 4 heteroatoms. The zero-order chi connectivity index (χ0) is 24.2. The second-order valence-corrected chi connectivity index (χ2v) is 9.84. The van der Waals surface area contributed by atoms with Crippen molar-refractivity contribution in [3.05, 3.63) is 120 Å². The van der Waals surface area contributed by atoms with E-state index >= 15 is 0 Å². The first-order valence-corrected chi connectivity index (χ1v) is 12.4. The third-order valence-corrected chi connectivity index (χ3v) is 8.00. The molecule has 0 radical (unpaired) electrons. The molecular formula is C32H17N3S. The van der Waals surface area contributed by atoms with Gasteiger partial charge in [-0.25, -0.2) is 4.85 Å². The van der Waals surface area contributed by atoms with Crippen molar-refractivity contribution in [1.29, 1.82) is 5.26 Å². The van der Waals surface area contributed by atoms with E-state index in [9.17, 15) is 5.26 Å². The lowest BCUT2D eigenvalue weighted by Crippen LogP contribution is -1.93. The van der Waals surface area contributed by atoms with Crippen LogP contribution >= 0.6 is 11.3 Å². The predicted octanol–water partition coefficient (Wildman–Crippen LogP) is 9.24. The topological polar surface area (TPSA) is 33.1 Å². The number of nitriles is 1. The zero-order valence-electron chi connectivity index (χ0n) is 19.1. The largest absolute Gasteiger partial charge is 0.309 e. The molecule has 7 aromatic rings. The van der Waals surface area contributed by atoms with E-state index in [0.717, 1.165) is 33.1 Å². The van der Waals surface area contributed by atoms with Gasteiger partial charge in [0, 0.05) is 47.8 Å². The smallest absolute Gasteiger partial charge is 0.196 e. The molecule has 36 heavy (non-hydrogen) atoms. The van der Waals surface area contributed by atoms with Gasteiger partial charge in [-0.1, -0.05) is 66.7 Å². The lowest BCUT2D eigenvalue weighted by molar-refractivity contribution is 1.19. The van der Waals surface area contributed by atoms with E-state index in [-0.39, 0.29) is 0 Å². The summed E-state index contributed by atoms with van der Waals surface area (Å²) in [5.41, 5.74) is 5.86. The van der Waals surface area contributed by atoms with Crippen LogP contribution in [0, 0.1) is 17.9 Å². The Balaban J connectivity index is 1.59. The van der Waals surface area contributed by atoms with E-state index in [1.54, 1.807) is 18.2 Å². The van der Waals surface area contributed by atoms with Gasteiger partial charge in [0.2, 0.25) is 0 Å². The SMILES string of the molecule is [C-]#[N+]c1cccc(C#N)c1-c1cccc2c1c1ccccc1n2-c1ccc2c(c1)sc1ccccc12. The molecule has 0 aliphatic heterocycles. The van der Waals surface area contributed by atoms with Gasteiger partial charge in [-0.05, 0) is 42.0 Å². The molecule has 0 spiro atoms. The fourth-order valence-electron chi connectivity index (χ4n) is 5.37. The molecule has 0 fully saturated rings. The van der Waals surface area contributed by atoms with Gasteiger partial charge in [-0.2, -0.15) is 5.26 Å². The third-order valence-electron chi connectivity index (χ3n) is 6.87. The molecule has 5 aromatic carbocycles. The van der Waals surface area contributed by atoms with Gasteiger partial charge in [0.05, 0.1) is 23.7 Å². The Morgan fingerprint density at radius 3 is 2.33 bits per heavy atom. The molecule has 0 atom stereocenters. The van der Waals surface area contributed by atoms with Crippen molar-refractivity contribution in [2.24, 2.45) is 0 Å². The van der Waals surface area contributed by atoms with Crippen LogP contribution in [0.3, 0.4) is 0 Å². The third kappa shape index (κ3) is 2.83. The van der Waals surface area contributed by atoms with Crippen LogP contribution in [-0.4, -0.2) is 4.57 Å². The highest BCUT2D eigenvalue weighted by atomic mass is 32.1. The number of rotatable bonds is 2. The molecule has 0 aliphatic carbocycles. The van der Waals surface area contributed by atoms with Crippen molar-refractivity contribution < 1.29 is 0 Å². The molecule has 0 amide bonds. The summed E-state index contributed by atoms with van der Waals surface area (Å²) in [5.74, 6) is 0. The summed E-state index contributed by atoms with van der Waals surface area (Å²) in [4.78, 5) is 3.76. The van der Waals surface area contributed by atoms with Crippen LogP contribution in [0.25, 0.3) is 63.6 Å². The van der Waals surface area contributed by atoms with E-state index in [2.05, 4.69) is 82.2 Å². The Hall–Kier alpha value is -4.90. The van der Waals surface area contributed by atoms with Gasteiger partial charge in [-0.3, -0.25) is 0 Å². The minimum absolute atomic E-state index is 0.491. The summed E-state index contributed by atoms with van der Waals surface area (Å²) >= 11 is 1.81. The van der Waals surface area contributed by atoms with Crippen LogP contribution in [0.5, 0.6) is 0 Å². The van der Waals surface area contributed by atoms with Gasteiger partial charge in [0.15, 0.2) is 5.69 Å². The summed E-state index contributed by atoms with van der Waals surface area (Å²) in [6.45, 7) is 7.75. The van der Waals surface area contributed by atoms with E-state index < -0.39 is 0 Å². The highest BCUT2D eigenvalue weighted by Gasteiger charge is 2.19. The highest BCUT2D eigenvalue weighted by Crippen LogP contribution is 2.43. The average Bonchev–Trinajstić information content (AvgIpc) is 3.47.